The number of hydrogen-bond acceptors (Lipinski definition) is 4. The van der Waals surface area contributed by atoms with Gasteiger partial charge in [0.05, 0.1) is 6.61 Å². The van der Waals surface area contributed by atoms with Crippen LogP contribution in [0.25, 0.3) is 0 Å². The van der Waals surface area contributed by atoms with Crippen LogP contribution in [0.15, 0.2) is 0 Å². The Morgan fingerprint density at radius 3 is 2.21 bits per heavy atom. The highest BCUT2D eigenvalue weighted by Gasteiger charge is 2.58. The summed E-state index contributed by atoms with van der Waals surface area (Å²) >= 11 is 5.89. The second-order valence-corrected chi connectivity index (χ2v) is 13.4. The molecule has 5 rings (SSSR count). The van der Waals surface area contributed by atoms with Gasteiger partial charge in [-0.2, -0.15) is 0 Å². The smallest absolute Gasteiger partial charge is 0.238 e. The van der Waals surface area contributed by atoms with Gasteiger partial charge < -0.3 is 0 Å². The van der Waals surface area contributed by atoms with Crippen LogP contribution >= 0.6 is 11.6 Å². The molecule has 2 N–H and O–H groups in total. The van der Waals surface area contributed by atoms with Gasteiger partial charge in [-0.25, -0.2) is 0 Å². The zero-order chi connectivity index (χ0) is 23.9. The maximum Gasteiger partial charge on any atom is 0.238 e. The van der Waals surface area contributed by atoms with E-state index in [4.69, 9.17) is 16.4 Å². The topological polar surface area (TPSA) is 67.4 Å². The first-order valence-corrected chi connectivity index (χ1v) is 14.6. The summed E-state index contributed by atoms with van der Waals surface area (Å²) in [5.41, 5.74) is 5.86. The summed E-state index contributed by atoms with van der Waals surface area (Å²) in [5, 5.41) is -0.153. The van der Waals surface area contributed by atoms with Gasteiger partial charge in [0.2, 0.25) is 11.1 Å². The van der Waals surface area contributed by atoms with Crippen LogP contribution in [-0.4, -0.2) is 17.8 Å². The molecular formula is C28H45ClN2O3. The molecule has 5 aliphatic carbocycles. The fourth-order valence-electron chi connectivity index (χ4n) is 9.46. The summed E-state index contributed by atoms with van der Waals surface area (Å²) in [6, 6.07) is 0. The van der Waals surface area contributed by atoms with Crippen LogP contribution in [-0.2, 0) is 14.4 Å². The van der Waals surface area contributed by atoms with Gasteiger partial charge in [0.1, 0.15) is 0 Å². The SMILES string of the molecule is CC1(C)C2CC(C(=O)Cl)CCC2C2CCC(C(=O)NNOCC3CCCC4CCCCC43)CC21. The Morgan fingerprint density at radius 1 is 0.824 bits per heavy atom. The van der Waals surface area contributed by atoms with Crippen molar-refractivity contribution in [1.82, 2.24) is 11.0 Å². The molecule has 0 aromatic rings. The van der Waals surface area contributed by atoms with Gasteiger partial charge in [-0.3, -0.25) is 19.9 Å². The summed E-state index contributed by atoms with van der Waals surface area (Å²) in [4.78, 5) is 30.7. The standard InChI is InChI=1S/C28H45ClN2O3/c1-28(2)24-14-18(26(29)32)10-12-22(24)23-13-11-19(15-25(23)28)27(33)30-31-34-16-20-8-5-7-17-6-3-4-9-21(17)20/h17-25,31H,3-16H2,1-2H3,(H,30,33). The van der Waals surface area contributed by atoms with Crippen molar-refractivity contribution in [1.29, 1.82) is 0 Å². The lowest BCUT2D eigenvalue weighted by Gasteiger charge is -2.41. The zero-order valence-corrected chi connectivity index (χ0v) is 22.0. The van der Waals surface area contributed by atoms with Crippen LogP contribution in [0.1, 0.15) is 97.3 Å². The summed E-state index contributed by atoms with van der Waals surface area (Å²) in [6.07, 6.45) is 15.5. The van der Waals surface area contributed by atoms with Crippen LogP contribution in [0.2, 0.25) is 0 Å². The van der Waals surface area contributed by atoms with Crippen molar-refractivity contribution in [3.8, 4) is 0 Å². The fourth-order valence-corrected chi connectivity index (χ4v) is 9.66. The predicted octanol–water partition coefficient (Wildman–Crippen LogP) is 6.02. The molecule has 0 heterocycles. The lowest BCUT2D eigenvalue weighted by atomic mass is 9.65. The number of hydrogen-bond donors (Lipinski definition) is 2. The minimum absolute atomic E-state index is 0.0239. The van der Waals surface area contributed by atoms with E-state index in [0.29, 0.717) is 36.2 Å². The summed E-state index contributed by atoms with van der Waals surface area (Å²) in [6.45, 7) is 5.45. The van der Waals surface area contributed by atoms with Crippen LogP contribution < -0.4 is 11.0 Å². The van der Waals surface area contributed by atoms with Crippen LogP contribution in [0, 0.1) is 58.7 Å². The molecule has 5 saturated carbocycles. The van der Waals surface area contributed by atoms with Crippen molar-refractivity contribution >= 4 is 22.8 Å². The Kier molecular flexibility index (Phi) is 7.64. The van der Waals surface area contributed by atoms with Gasteiger partial charge in [0.15, 0.2) is 0 Å². The number of rotatable bonds is 6. The summed E-state index contributed by atoms with van der Waals surface area (Å²) in [5.74, 6) is 4.97. The predicted molar refractivity (Wildman–Crippen MR) is 133 cm³/mol. The average molecular weight is 493 g/mol. The normalized spacial score (nSPS) is 43.3. The van der Waals surface area contributed by atoms with E-state index in [-0.39, 0.29) is 28.4 Å². The van der Waals surface area contributed by atoms with E-state index in [1.807, 2.05) is 0 Å². The van der Waals surface area contributed by atoms with Crippen molar-refractivity contribution in [3.63, 3.8) is 0 Å². The van der Waals surface area contributed by atoms with Crippen molar-refractivity contribution < 1.29 is 14.4 Å². The number of fused-ring (bicyclic) bond motifs is 4. The molecule has 0 spiro atoms. The van der Waals surface area contributed by atoms with E-state index in [9.17, 15) is 9.59 Å². The van der Waals surface area contributed by atoms with Crippen molar-refractivity contribution in [2.75, 3.05) is 6.61 Å². The molecule has 5 nitrogen and oxygen atoms in total. The van der Waals surface area contributed by atoms with Crippen molar-refractivity contribution in [3.05, 3.63) is 0 Å². The van der Waals surface area contributed by atoms with Gasteiger partial charge in [-0.15, -0.1) is 5.59 Å². The molecule has 6 heteroatoms. The highest BCUT2D eigenvalue weighted by Crippen LogP contribution is 2.64. The van der Waals surface area contributed by atoms with E-state index in [1.165, 1.54) is 44.9 Å². The van der Waals surface area contributed by atoms with Crippen molar-refractivity contribution in [2.45, 2.75) is 97.3 Å². The summed E-state index contributed by atoms with van der Waals surface area (Å²) in [7, 11) is 0. The highest BCUT2D eigenvalue weighted by molar-refractivity contribution is 6.63. The number of carbonyl (C=O) groups is 2. The Morgan fingerprint density at radius 2 is 1.47 bits per heavy atom. The van der Waals surface area contributed by atoms with E-state index >= 15 is 0 Å². The van der Waals surface area contributed by atoms with Gasteiger partial charge >= 0.3 is 0 Å². The molecule has 192 valence electrons. The van der Waals surface area contributed by atoms with E-state index < -0.39 is 0 Å². The second kappa shape index (κ2) is 10.4. The van der Waals surface area contributed by atoms with Crippen LogP contribution in [0.4, 0.5) is 0 Å². The number of amides is 1. The fraction of sp³-hybridized carbons (Fsp3) is 0.929. The number of halogens is 1. The van der Waals surface area contributed by atoms with Crippen LogP contribution in [0.5, 0.6) is 0 Å². The van der Waals surface area contributed by atoms with Gasteiger partial charge in [0.25, 0.3) is 0 Å². The lowest BCUT2D eigenvalue weighted by Crippen LogP contribution is -2.45. The van der Waals surface area contributed by atoms with Crippen LogP contribution in [0.3, 0.4) is 0 Å². The Labute approximate surface area is 210 Å². The molecule has 1 amide bonds. The highest BCUT2D eigenvalue weighted by atomic mass is 35.5. The Balaban J connectivity index is 1.10. The van der Waals surface area contributed by atoms with Gasteiger partial charge in [-0.1, -0.05) is 46.0 Å². The molecule has 9 unspecified atom stereocenters. The molecule has 9 atom stereocenters. The van der Waals surface area contributed by atoms with E-state index in [1.54, 1.807) is 0 Å². The quantitative estimate of drug-likeness (QED) is 0.270. The molecule has 0 aliphatic heterocycles. The lowest BCUT2D eigenvalue weighted by molar-refractivity contribution is -0.135. The third kappa shape index (κ3) is 4.83. The largest absolute Gasteiger partial charge is 0.282 e. The molecule has 0 aromatic carbocycles. The monoisotopic (exact) mass is 492 g/mol. The van der Waals surface area contributed by atoms with E-state index in [0.717, 1.165) is 50.4 Å². The molecule has 0 radical (unpaired) electrons. The minimum Gasteiger partial charge on any atom is -0.282 e. The molecule has 0 saturated heterocycles. The number of nitrogens with one attached hydrogen (secondary N) is 2. The molecule has 0 bridgehead atoms. The average Bonchev–Trinajstić information content (AvgIpc) is 3.07. The molecule has 0 aromatic heterocycles. The molecule has 5 aliphatic rings. The first-order valence-electron chi connectivity index (χ1n) is 14.2. The van der Waals surface area contributed by atoms with Crippen molar-refractivity contribution in [2.24, 2.45) is 58.7 Å². The third-order valence-corrected chi connectivity index (χ3v) is 11.5. The zero-order valence-electron chi connectivity index (χ0n) is 21.2. The summed E-state index contributed by atoms with van der Waals surface area (Å²) < 4.78 is 0. The first kappa shape index (κ1) is 25.0. The Bertz CT molecular complexity index is 756. The second-order valence-electron chi connectivity index (χ2n) is 13.0. The number of carbonyl (C=O) groups excluding carboxylic acids is 2. The van der Waals surface area contributed by atoms with E-state index in [2.05, 4.69) is 24.9 Å². The maximum absolute atomic E-state index is 13.0. The maximum atomic E-state index is 13.0. The van der Waals surface area contributed by atoms with Gasteiger partial charge in [0, 0.05) is 11.8 Å². The third-order valence-electron chi connectivity index (χ3n) is 11.2. The Hall–Kier alpha value is -0.650. The number of hydrazine groups is 1. The molecular weight excluding hydrogens is 448 g/mol. The molecule has 5 fully saturated rings. The van der Waals surface area contributed by atoms with Gasteiger partial charge in [-0.05, 0) is 110 Å². The molecule has 34 heavy (non-hydrogen) atoms. The first-order chi connectivity index (χ1) is 16.4. The minimum atomic E-state index is -0.153.